The van der Waals surface area contributed by atoms with Gasteiger partial charge in [-0.25, -0.2) is 0 Å². The number of ether oxygens (including phenoxy) is 2. The van der Waals surface area contributed by atoms with Gasteiger partial charge in [-0.15, -0.1) is 0 Å². The largest absolute Gasteiger partial charge is 0.392 e. The number of carbonyl (C=O) groups is 2. The minimum Gasteiger partial charge on any atom is -0.392 e. The molecule has 8 heteroatoms. The zero-order valence-electron chi connectivity index (χ0n) is 28.5. The molecule has 2 amide bonds. The molecule has 258 valence electrons. The molecule has 0 radical (unpaired) electrons. The molecule has 8 rings (SSSR count). The van der Waals surface area contributed by atoms with Crippen molar-refractivity contribution in [3.8, 4) is 11.1 Å². The summed E-state index contributed by atoms with van der Waals surface area (Å²) < 4.78 is 13.4. The maximum atomic E-state index is 13.1. The summed E-state index contributed by atoms with van der Waals surface area (Å²) in [6.07, 6.45) is 5.21. The standard InChI is InChI=1S/C42H45N3O5/c46-28-29-13-15-31(16-14-29)39-24-35(27-44-23-7-9-34(44)26-43-21-5-6-22-43)49-42(50-39)32-19-17-30(18-20-32)36-10-2-1-8-33(36)25-45-40(47)37-11-3-4-12-38(37)41(45)48/h1-4,8,10-20,34-35,39,42,46H,5-7,9,21-28H2/t34-,35+,39-,42-/m0/s1. The number of likely N-dealkylation sites (tertiary alicyclic amines) is 2. The highest BCUT2D eigenvalue weighted by molar-refractivity contribution is 6.21. The van der Waals surface area contributed by atoms with Crippen molar-refractivity contribution in [1.29, 1.82) is 0 Å². The number of benzene rings is 4. The Bertz CT molecular complexity index is 1790. The third-order valence-electron chi connectivity index (χ3n) is 10.9. The number of fused-ring (bicyclic) bond motifs is 1. The Hall–Kier alpha value is -4.18. The third-order valence-corrected chi connectivity index (χ3v) is 10.9. The first kappa shape index (κ1) is 33.0. The number of amides is 2. The van der Waals surface area contributed by atoms with Gasteiger partial charge in [0.25, 0.3) is 11.8 Å². The molecule has 4 atom stereocenters. The number of hydrogen-bond donors (Lipinski definition) is 1. The Morgan fingerprint density at radius 1 is 0.680 bits per heavy atom. The van der Waals surface area contributed by atoms with Crippen LogP contribution in [0.5, 0.6) is 0 Å². The number of hydrogen-bond acceptors (Lipinski definition) is 7. The van der Waals surface area contributed by atoms with E-state index in [1.807, 2.05) is 36.4 Å². The molecule has 4 aromatic carbocycles. The lowest BCUT2D eigenvalue weighted by atomic mass is 9.97. The van der Waals surface area contributed by atoms with Gasteiger partial charge in [0, 0.05) is 31.1 Å². The molecular formula is C42H45N3O5. The SMILES string of the molecule is O=C1c2ccccc2C(=O)N1Cc1ccccc1-c1ccc([C@H]2O[C@@H](CN3CCC[C@H]3CN3CCCC3)C[C@@H](c3ccc(CO)cc3)O2)cc1. The van der Waals surface area contributed by atoms with E-state index >= 15 is 0 Å². The first-order valence-corrected chi connectivity index (χ1v) is 18.1. The van der Waals surface area contributed by atoms with Crippen molar-refractivity contribution in [2.24, 2.45) is 0 Å². The van der Waals surface area contributed by atoms with Crippen molar-refractivity contribution in [3.05, 3.63) is 130 Å². The first-order valence-electron chi connectivity index (χ1n) is 18.1. The zero-order valence-corrected chi connectivity index (χ0v) is 28.5. The fourth-order valence-corrected chi connectivity index (χ4v) is 8.21. The van der Waals surface area contributed by atoms with E-state index in [1.165, 1.54) is 43.7 Å². The summed E-state index contributed by atoms with van der Waals surface area (Å²) in [6.45, 7) is 5.79. The fourth-order valence-electron chi connectivity index (χ4n) is 8.21. The Balaban J connectivity index is 1.01. The van der Waals surface area contributed by atoms with Gasteiger partial charge in [0.2, 0.25) is 0 Å². The van der Waals surface area contributed by atoms with E-state index in [-0.39, 0.29) is 37.2 Å². The molecule has 0 aliphatic carbocycles. The van der Waals surface area contributed by atoms with Crippen LogP contribution in [0.2, 0.25) is 0 Å². The van der Waals surface area contributed by atoms with Crippen LogP contribution in [0.4, 0.5) is 0 Å². The van der Waals surface area contributed by atoms with Crippen LogP contribution in [0.25, 0.3) is 11.1 Å². The molecule has 4 aliphatic heterocycles. The lowest BCUT2D eigenvalue weighted by molar-refractivity contribution is -0.253. The number of nitrogens with zero attached hydrogens (tertiary/aromatic N) is 3. The molecule has 8 nitrogen and oxygen atoms in total. The van der Waals surface area contributed by atoms with E-state index in [1.54, 1.807) is 24.3 Å². The molecule has 1 N–H and O–H groups in total. The third kappa shape index (κ3) is 6.78. The van der Waals surface area contributed by atoms with Gasteiger partial charge in [0.15, 0.2) is 6.29 Å². The maximum absolute atomic E-state index is 13.1. The minimum atomic E-state index is -0.529. The summed E-state index contributed by atoms with van der Waals surface area (Å²) in [5.74, 6) is -0.512. The van der Waals surface area contributed by atoms with Gasteiger partial charge < -0.3 is 19.5 Å². The number of aliphatic hydroxyl groups is 1. The molecule has 3 saturated heterocycles. The monoisotopic (exact) mass is 671 g/mol. The minimum absolute atomic E-state index is 0.00973. The van der Waals surface area contributed by atoms with E-state index in [9.17, 15) is 14.7 Å². The van der Waals surface area contributed by atoms with Gasteiger partial charge in [-0.3, -0.25) is 19.4 Å². The highest BCUT2D eigenvalue weighted by atomic mass is 16.7. The Morgan fingerprint density at radius 3 is 2.04 bits per heavy atom. The van der Waals surface area contributed by atoms with Crippen molar-refractivity contribution in [1.82, 2.24) is 14.7 Å². The van der Waals surface area contributed by atoms with Gasteiger partial charge in [-0.1, -0.05) is 84.9 Å². The van der Waals surface area contributed by atoms with E-state index in [0.717, 1.165) is 59.4 Å². The predicted octanol–water partition coefficient (Wildman–Crippen LogP) is 6.75. The van der Waals surface area contributed by atoms with Gasteiger partial charge >= 0.3 is 0 Å². The van der Waals surface area contributed by atoms with Crippen LogP contribution in [-0.2, 0) is 22.6 Å². The van der Waals surface area contributed by atoms with Crippen molar-refractivity contribution < 1.29 is 24.2 Å². The summed E-state index contributed by atoms with van der Waals surface area (Å²) in [6, 6.07) is 31.9. The van der Waals surface area contributed by atoms with E-state index in [2.05, 4.69) is 46.2 Å². The van der Waals surface area contributed by atoms with Crippen molar-refractivity contribution in [3.63, 3.8) is 0 Å². The van der Waals surface area contributed by atoms with Crippen LogP contribution in [0.15, 0.2) is 97.1 Å². The van der Waals surface area contributed by atoms with E-state index in [0.29, 0.717) is 17.2 Å². The van der Waals surface area contributed by atoms with Crippen LogP contribution in [0.3, 0.4) is 0 Å². The maximum Gasteiger partial charge on any atom is 0.261 e. The average molecular weight is 672 g/mol. The van der Waals surface area contributed by atoms with Crippen LogP contribution in [0.1, 0.15) is 87.5 Å². The second-order valence-corrected chi connectivity index (χ2v) is 14.2. The first-order chi connectivity index (χ1) is 24.5. The summed E-state index contributed by atoms with van der Waals surface area (Å²) in [7, 11) is 0. The lowest BCUT2D eigenvalue weighted by Gasteiger charge is -2.39. The molecular weight excluding hydrogens is 626 g/mol. The molecule has 3 fully saturated rings. The molecule has 0 unspecified atom stereocenters. The smallest absolute Gasteiger partial charge is 0.261 e. The van der Waals surface area contributed by atoms with Crippen molar-refractivity contribution in [2.45, 2.75) is 69.8 Å². The zero-order chi connectivity index (χ0) is 34.0. The highest BCUT2D eigenvalue weighted by Gasteiger charge is 2.37. The topological polar surface area (TPSA) is 82.6 Å². The summed E-state index contributed by atoms with van der Waals surface area (Å²) in [5.41, 5.74) is 6.71. The molecule has 4 aromatic rings. The lowest BCUT2D eigenvalue weighted by Crippen LogP contribution is -2.45. The summed E-state index contributed by atoms with van der Waals surface area (Å²) in [4.78, 5) is 32.9. The second kappa shape index (κ2) is 14.6. The predicted molar refractivity (Wildman–Crippen MR) is 191 cm³/mol. The van der Waals surface area contributed by atoms with Crippen LogP contribution < -0.4 is 0 Å². The van der Waals surface area contributed by atoms with Gasteiger partial charge in [-0.05, 0) is 85.3 Å². The van der Waals surface area contributed by atoms with E-state index < -0.39 is 6.29 Å². The summed E-state index contributed by atoms with van der Waals surface area (Å²) in [5, 5.41) is 9.62. The van der Waals surface area contributed by atoms with Crippen LogP contribution in [0, 0.1) is 0 Å². The van der Waals surface area contributed by atoms with Gasteiger partial charge in [0.1, 0.15) is 0 Å². The highest BCUT2D eigenvalue weighted by Crippen LogP contribution is 2.40. The number of carbonyl (C=O) groups excluding carboxylic acids is 2. The summed E-state index contributed by atoms with van der Waals surface area (Å²) >= 11 is 0. The molecule has 4 aliphatic rings. The van der Waals surface area contributed by atoms with Crippen LogP contribution in [-0.4, -0.2) is 76.5 Å². The molecule has 0 saturated carbocycles. The number of aliphatic hydroxyl groups excluding tert-OH is 1. The molecule has 0 spiro atoms. The molecule has 50 heavy (non-hydrogen) atoms. The second-order valence-electron chi connectivity index (χ2n) is 14.2. The quantitative estimate of drug-likeness (QED) is 0.187. The van der Waals surface area contributed by atoms with Gasteiger partial charge in [0.05, 0.1) is 36.5 Å². The van der Waals surface area contributed by atoms with Gasteiger partial charge in [-0.2, -0.15) is 0 Å². The Kier molecular flexibility index (Phi) is 9.62. The normalized spacial score (nSPS) is 24.3. The fraction of sp³-hybridized carbons (Fsp3) is 0.381. The van der Waals surface area contributed by atoms with Crippen molar-refractivity contribution in [2.75, 3.05) is 32.7 Å². The van der Waals surface area contributed by atoms with E-state index in [4.69, 9.17) is 9.47 Å². The molecule has 0 aromatic heterocycles. The average Bonchev–Trinajstić information content (AvgIpc) is 3.90. The Morgan fingerprint density at radius 2 is 1.34 bits per heavy atom. The number of imide groups is 1. The van der Waals surface area contributed by atoms with Crippen LogP contribution >= 0.6 is 0 Å². The number of rotatable bonds is 10. The molecule has 0 bridgehead atoms. The Labute approximate surface area is 294 Å². The van der Waals surface area contributed by atoms with Crippen molar-refractivity contribution >= 4 is 11.8 Å². The molecule has 4 heterocycles.